The Bertz CT molecular complexity index is 3230. The Morgan fingerprint density at radius 2 is 0.836 bits per heavy atom. The van der Waals surface area contributed by atoms with E-state index in [9.17, 15) is 0 Å². The smallest absolute Gasteiger partial charge is 0.656 e. The summed E-state index contributed by atoms with van der Waals surface area (Å²) in [5.74, 6) is 14.2. The predicted molar refractivity (Wildman–Crippen MR) is 304 cm³/mol. The number of unbranched alkanes of at least 4 members (excludes halogenated alkanes) is 6. The molecule has 0 aliphatic carbocycles. The molecule has 0 saturated carbocycles. The molecule has 8 bridgehead atoms. The summed E-state index contributed by atoms with van der Waals surface area (Å²) < 4.78 is 0. The molecule has 2 aliphatic heterocycles. The number of fused-ring (bicyclic) bond motifs is 8. The molecule has 5 nitrogen and oxygen atoms in total. The molecule has 0 unspecified atom stereocenters. The van der Waals surface area contributed by atoms with Crippen LogP contribution in [0.3, 0.4) is 0 Å². The average molecular weight is 1010 g/mol. The van der Waals surface area contributed by atoms with Gasteiger partial charge in [-0.2, -0.15) is 0 Å². The Balaban J connectivity index is 0.00000711. The molecule has 0 saturated heterocycles. The van der Waals surface area contributed by atoms with Gasteiger partial charge in [0.25, 0.3) is 0 Å². The van der Waals surface area contributed by atoms with Crippen LogP contribution in [0.15, 0.2) is 133 Å². The maximum atomic E-state index is 5.43. The van der Waals surface area contributed by atoms with Crippen LogP contribution in [0.4, 0.5) is 5.69 Å². The molecule has 9 rings (SSSR count). The maximum absolute atomic E-state index is 5.43. The molecular weight excluding hydrogens is 940 g/mol. The van der Waals surface area contributed by atoms with E-state index in [1.807, 2.05) is 0 Å². The summed E-state index contributed by atoms with van der Waals surface area (Å²) in [6.45, 7) is 8.84. The Labute approximate surface area is 447 Å². The number of aromatic nitrogens is 4. The predicted octanol–water partition coefficient (Wildman–Crippen LogP) is 15.3. The number of hydrogen-bond donors (Lipinski definition) is 0. The zero-order valence-electron chi connectivity index (χ0n) is 43.3. The van der Waals surface area contributed by atoms with Crippen LogP contribution in [0.5, 0.6) is 0 Å². The van der Waals surface area contributed by atoms with Crippen molar-refractivity contribution in [2.45, 2.75) is 111 Å². The van der Waals surface area contributed by atoms with E-state index in [0.717, 1.165) is 130 Å². The zero-order valence-corrected chi connectivity index (χ0v) is 46.2. The molecule has 0 N–H and O–H groups in total. The topological polar surface area (TPSA) is 57.2 Å². The number of aryl methyl sites for hydroxylation is 5. The quantitative estimate of drug-likeness (QED) is 0.0459. The molecule has 3 aromatic heterocycles. The molecule has 6 heteroatoms. The standard InChI is InChI=1S/C67H67N5.Zn/c1-4-6-8-16-48-72(49-17-9-7-5-2)55-36-32-54(33-37-55)35-39-59-66-46-42-62(70-66)56(26-18-24-51-20-12-10-13-21-51)60-40-44-64(68-60)58(38-34-53-30-28-50(3)29-31-53)65-45-41-61(69-65)57(63-43-47-67(59)71-63)27-19-25-52-22-14-11-15-23-52;/h10-15,20-23,28-33,36-37,40-47H,4-9,16-19,24-27,48-49H2,1-3H3;/q-2;+2. The van der Waals surface area contributed by atoms with Gasteiger partial charge in [0.05, 0.1) is 22.8 Å². The van der Waals surface area contributed by atoms with E-state index in [4.69, 9.17) is 19.9 Å². The number of rotatable bonds is 19. The van der Waals surface area contributed by atoms with E-state index in [2.05, 4.69) is 207 Å². The van der Waals surface area contributed by atoms with E-state index < -0.39 is 0 Å². The number of hydrogen-bond acceptors (Lipinski definition) is 3. The van der Waals surface area contributed by atoms with Crippen LogP contribution >= 0.6 is 0 Å². The maximum Gasteiger partial charge on any atom is 2.00 e. The summed E-state index contributed by atoms with van der Waals surface area (Å²) in [6, 6.07) is 47.2. The van der Waals surface area contributed by atoms with Crippen LogP contribution in [0.25, 0.3) is 46.4 Å². The molecule has 7 aromatic rings. The first-order valence-corrected chi connectivity index (χ1v) is 26.6. The van der Waals surface area contributed by atoms with E-state index >= 15 is 0 Å². The molecule has 0 radical (unpaired) electrons. The second kappa shape index (κ2) is 26.6. The average Bonchev–Trinajstić information content (AvgIpc) is 4.28. The minimum absolute atomic E-state index is 0. The van der Waals surface area contributed by atoms with Gasteiger partial charge in [0.1, 0.15) is 0 Å². The summed E-state index contributed by atoms with van der Waals surface area (Å²) >= 11 is 0. The fourth-order valence-electron chi connectivity index (χ4n) is 9.69. The molecular formula is C67H67N5Zn. The van der Waals surface area contributed by atoms with Crippen LogP contribution in [0.1, 0.15) is 151 Å². The minimum atomic E-state index is 0. The Morgan fingerprint density at radius 3 is 1.29 bits per heavy atom. The number of anilines is 1. The fourth-order valence-corrected chi connectivity index (χ4v) is 9.69. The monoisotopic (exact) mass is 1010 g/mol. The SMILES string of the molecule is CCCCCCN(CCCCCC)c1ccc(C#Cc2c3nc(c(CCCc4ccccc4)c4ccc([n-]4)c(C#Cc4ccc(C)cc4)c4nc(c(CCCc5ccccc5)c5ccc2[n-]5)C=C4)C=C3)cc1.[Zn+2]. The Morgan fingerprint density at radius 1 is 0.411 bits per heavy atom. The van der Waals surface area contributed by atoms with Gasteiger partial charge in [0, 0.05) is 41.0 Å². The van der Waals surface area contributed by atoms with Gasteiger partial charge in [-0.25, -0.2) is 9.97 Å². The van der Waals surface area contributed by atoms with Crippen molar-refractivity contribution >= 4 is 52.1 Å². The van der Waals surface area contributed by atoms with Crippen molar-refractivity contribution in [1.82, 2.24) is 19.9 Å². The third-order valence-corrected chi connectivity index (χ3v) is 13.8. The first-order valence-electron chi connectivity index (χ1n) is 26.6. The van der Waals surface area contributed by atoms with Gasteiger partial charge in [0.15, 0.2) is 0 Å². The normalized spacial score (nSPS) is 11.4. The van der Waals surface area contributed by atoms with Crippen molar-refractivity contribution in [3.63, 3.8) is 0 Å². The second-order valence-corrected chi connectivity index (χ2v) is 19.3. The Hall–Kier alpha value is -6.98. The molecule has 0 spiro atoms. The van der Waals surface area contributed by atoms with Gasteiger partial charge in [-0.1, -0.05) is 179 Å². The van der Waals surface area contributed by atoms with Crippen LogP contribution in [-0.4, -0.2) is 23.1 Å². The van der Waals surface area contributed by atoms with E-state index in [0.29, 0.717) is 0 Å². The van der Waals surface area contributed by atoms with E-state index in [1.54, 1.807) is 0 Å². The summed E-state index contributed by atoms with van der Waals surface area (Å²) in [5, 5.41) is 0. The van der Waals surface area contributed by atoms with Crippen molar-refractivity contribution in [1.29, 1.82) is 0 Å². The van der Waals surface area contributed by atoms with Gasteiger partial charge in [-0.15, -0.1) is 22.1 Å². The molecule has 4 aromatic carbocycles. The van der Waals surface area contributed by atoms with Crippen LogP contribution < -0.4 is 14.9 Å². The first-order chi connectivity index (χ1) is 35.5. The fraction of sp³-hybridized carbons (Fsp3) is 0.284. The van der Waals surface area contributed by atoms with Gasteiger partial charge in [-0.05, 0) is 141 Å². The van der Waals surface area contributed by atoms with Crippen LogP contribution in [0.2, 0.25) is 0 Å². The van der Waals surface area contributed by atoms with Crippen molar-refractivity contribution < 1.29 is 19.5 Å². The van der Waals surface area contributed by atoms with Gasteiger partial charge >= 0.3 is 19.5 Å². The van der Waals surface area contributed by atoms with Crippen LogP contribution in [0, 0.1) is 30.6 Å². The summed E-state index contributed by atoms with van der Waals surface area (Å²) in [5.41, 5.74) is 17.6. The molecule has 0 atom stereocenters. The van der Waals surface area contributed by atoms with Crippen molar-refractivity contribution in [3.8, 4) is 23.7 Å². The minimum Gasteiger partial charge on any atom is -0.656 e. The Kier molecular flexibility index (Phi) is 19.1. The van der Waals surface area contributed by atoms with E-state index in [-0.39, 0.29) is 19.5 Å². The molecule has 362 valence electrons. The third-order valence-electron chi connectivity index (χ3n) is 13.8. The van der Waals surface area contributed by atoms with Crippen molar-refractivity contribution in [3.05, 3.63) is 206 Å². The van der Waals surface area contributed by atoms with Gasteiger partial charge in [-0.3, -0.25) is 0 Å². The van der Waals surface area contributed by atoms with Crippen LogP contribution in [-0.2, 0) is 45.2 Å². The largest absolute Gasteiger partial charge is 2.00 e. The van der Waals surface area contributed by atoms with Crippen molar-refractivity contribution in [2.24, 2.45) is 0 Å². The molecule has 2 aliphatic rings. The molecule has 5 heterocycles. The van der Waals surface area contributed by atoms with Crippen molar-refractivity contribution in [2.75, 3.05) is 18.0 Å². The third kappa shape index (κ3) is 14.2. The summed E-state index contributed by atoms with van der Waals surface area (Å²) in [4.78, 5) is 24.2. The molecule has 73 heavy (non-hydrogen) atoms. The van der Waals surface area contributed by atoms with Gasteiger partial charge in [0.2, 0.25) is 0 Å². The molecule has 0 amide bonds. The number of nitrogens with zero attached hydrogens (tertiary/aromatic N) is 5. The number of benzene rings is 4. The zero-order chi connectivity index (χ0) is 49.3. The van der Waals surface area contributed by atoms with E-state index in [1.165, 1.54) is 73.7 Å². The summed E-state index contributed by atoms with van der Waals surface area (Å²) in [6.07, 6.45) is 23.9. The second-order valence-electron chi connectivity index (χ2n) is 19.3. The van der Waals surface area contributed by atoms with Gasteiger partial charge < -0.3 is 14.9 Å². The molecule has 0 fully saturated rings. The summed E-state index contributed by atoms with van der Waals surface area (Å²) in [7, 11) is 0. The first kappa shape index (κ1) is 52.3.